The number of thioether (sulfide) groups is 1. The van der Waals surface area contributed by atoms with Crippen LogP contribution in [0, 0.1) is 0 Å². The highest BCUT2D eigenvalue weighted by atomic mass is 32.2. The molecule has 0 bridgehead atoms. The number of amides is 1. The van der Waals surface area contributed by atoms with Crippen LogP contribution >= 0.6 is 23.1 Å². The predicted molar refractivity (Wildman–Crippen MR) is 112 cm³/mol. The van der Waals surface area contributed by atoms with Gasteiger partial charge in [0, 0.05) is 25.0 Å². The Hall–Kier alpha value is -1.39. The lowest BCUT2D eigenvalue weighted by Gasteiger charge is -2.23. The molecule has 0 saturated carbocycles. The Balaban J connectivity index is 1.53. The van der Waals surface area contributed by atoms with E-state index in [0.717, 1.165) is 41.5 Å². The van der Waals surface area contributed by atoms with Gasteiger partial charge in [-0.25, -0.2) is 13.4 Å². The van der Waals surface area contributed by atoms with Gasteiger partial charge in [0.25, 0.3) is 5.56 Å². The van der Waals surface area contributed by atoms with Crippen LogP contribution in [0.25, 0.3) is 10.2 Å². The highest BCUT2D eigenvalue weighted by Crippen LogP contribution is 2.34. The minimum absolute atomic E-state index is 0.0311. The monoisotopic (exact) mass is 441 g/mol. The SMILES string of the molecule is CN(C(=O)CSc1nc2sc3c(c2c(=O)n1C)CCCC3)C1CCS(=O)(=O)C1. The van der Waals surface area contributed by atoms with Crippen molar-refractivity contribution in [2.24, 2.45) is 7.05 Å². The number of thiophene rings is 1. The Kier molecular flexibility index (Phi) is 5.30. The summed E-state index contributed by atoms with van der Waals surface area (Å²) < 4.78 is 24.8. The van der Waals surface area contributed by atoms with Gasteiger partial charge < -0.3 is 4.90 Å². The van der Waals surface area contributed by atoms with Gasteiger partial charge in [0.15, 0.2) is 15.0 Å². The summed E-state index contributed by atoms with van der Waals surface area (Å²) in [5, 5.41) is 1.27. The van der Waals surface area contributed by atoms with E-state index in [4.69, 9.17) is 0 Å². The summed E-state index contributed by atoms with van der Waals surface area (Å²) >= 11 is 2.83. The summed E-state index contributed by atoms with van der Waals surface area (Å²) in [7, 11) is 0.310. The van der Waals surface area contributed by atoms with Crippen LogP contribution < -0.4 is 5.56 Å². The molecule has 10 heteroatoms. The van der Waals surface area contributed by atoms with Crippen LogP contribution in [-0.2, 0) is 34.5 Å². The average Bonchev–Trinajstić information content (AvgIpc) is 3.22. The Morgan fingerprint density at radius 3 is 2.82 bits per heavy atom. The topological polar surface area (TPSA) is 89.3 Å². The first-order chi connectivity index (χ1) is 13.3. The molecule has 7 nitrogen and oxygen atoms in total. The minimum Gasteiger partial charge on any atom is -0.341 e. The zero-order chi connectivity index (χ0) is 20.1. The molecule has 2 aromatic heterocycles. The molecular weight excluding hydrogens is 418 g/mol. The third-order valence-electron chi connectivity index (χ3n) is 5.63. The molecule has 0 spiro atoms. The number of hydrogen-bond donors (Lipinski definition) is 0. The second-order valence-electron chi connectivity index (χ2n) is 7.50. The molecular formula is C18H23N3O4S3. The van der Waals surface area contributed by atoms with Crippen molar-refractivity contribution in [3.63, 3.8) is 0 Å². The van der Waals surface area contributed by atoms with Crippen molar-refractivity contribution >= 4 is 49.1 Å². The third-order valence-corrected chi connectivity index (χ3v) is 9.58. The van der Waals surface area contributed by atoms with Gasteiger partial charge in [0.05, 0.1) is 22.6 Å². The van der Waals surface area contributed by atoms with Crippen LogP contribution in [0.2, 0.25) is 0 Å². The molecule has 0 N–H and O–H groups in total. The molecule has 1 atom stereocenters. The number of carbonyl (C=O) groups excluding carboxylic acids is 1. The van der Waals surface area contributed by atoms with Gasteiger partial charge >= 0.3 is 0 Å². The zero-order valence-electron chi connectivity index (χ0n) is 15.9. The Morgan fingerprint density at radius 2 is 2.11 bits per heavy atom. The lowest BCUT2D eigenvalue weighted by Crippen LogP contribution is -2.39. The molecule has 3 heterocycles. The second kappa shape index (κ2) is 7.46. The Bertz CT molecular complexity index is 1100. The fraction of sp³-hybridized carbons (Fsp3) is 0.611. The van der Waals surface area contributed by atoms with E-state index in [1.165, 1.54) is 26.1 Å². The maximum absolute atomic E-state index is 12.9. The number of aryl methyl sites for hydroxylation is 2. The summed E-state index contributed by atoms with van der Waals surface area (Å²) in [6.07, 6.45) is 4.69. The van der Waals surface area contributed by atoms with E-state index in [1.54, 1.807) is 25.4 Å². The van der Waals surface area contributed by atoms with Crippen molar-refractivity contribution in [1.29, 1.82) is 0 Å². The molecule has 1 aliphatic carbocycles. The van der Waals surface area contributed by atoms with Crippen molar-refractivity contribution in [3.8, 4) is 0 Å². The molecule has 1 aliphatic heterocycles. The van der Waals surface area contributed by atoms with Crippen LogP contribution in [0.15, 0.2) is 9.95 Å². The molecule has 1 saturated heterocycles. The van der Waals surface area contributed by atoms with Crippen molar-refractivity contribution in [2.45, 2.75) is 43.3 Å². The van der Waals surface area contributed by atoms with E-state index in [9.17, 15) is 18.0 Å². The number of hydrogen-bond acceptors (Lipinski definition) is 7. The molecule has 4 rings (SSSR count). The average molecular weight is 442 g/mol. The minimum atomic E-state index is -3.04. The normalized spacial score (nSPS) is 21.0. The fourth-order valence-corrected chi connectivity index (χ4v) is 7.88. The maximum Gasteiger partial charge on any atom is 0.262 e. The third kappa shape index (κ3) is 3.61. The molecule has 1 fully saturated rings. The summed E-state index contributed by atoms with van der Waals surface area (Å²) in [5.74, 6) is 0.151. The van der Waals surface area contributed by atoms with E-state index in [-0.39, 0.29) is 34.8 Å². The van der Waals surface area contributed by atoms with E-state index < -0.39 is 9.84 Å². The zero-order valence-corrected chi connectivity index (χ0v) is 18.4. The number of fused-ring (bicyclic) bond motifs is 3. The first-order valence-corrected chi connectivity index (χ1v) is 13.0. The van der Waals surface area contributed by atoms with Crippen LogP contribution in [-0.4, -0.2) is 59.1 Å². The summed E-state index contributed by atoms with van der Waals surface area (Å²) in [5.41, 5.74) is 1.11. The molecule has 2 aliphatic rings. The Morgan fingerprint density at radius 1 is 1.36 bits per heavy atom. The molecule has 2 aromatic rings. The van der Waals surface area contributed by atoms with E-state index >= 15 is 0 Å². The highest BCUT2D eigenvalue weighted by molar-refractivity contribution is 7.99. The lowest BCUT2D eigenvalue weighted by molar-refractivity contribution is -0.128. The van der Waals surface area contributed by atoms with Gasteiger partial charge in [-0.1, -0.05) is 11.8 Å². The number of nitrogens with zero attached hydrogens (tertiary/aromatic N) is 3. The van der Waals surface area contributed by atoms with Gasteiger partial charge in [-0.15, -0.1) is 11.3 Å². The summed E-state index contributed by atoms with van der Waals surface area (Å²) in [4.78, 5) is 33.7. The standard InChI is InChI=1S/C18H23N3O4S3/c1-20(11-7-8-28(24,25)10-11)14(22)9-26-18-19-16-15(17(23)21(18)2)12-5-3-4-6-13(12)27-16/h11H,3-10H2,1-2H3. The molecule has 28 heavy (non-hydrogen) atoms. The lowest BCUT2D eigenvalue weighted by atomic mass is 9.97. The van der Waals surface area contributed by atoms with Crippen LogP contribution in [0.1, 0.15) is 29.7 Å². The quantitative estimate of drug-likeness (QED) is 0.529. The highest BCUT2D eigenvalue weighted by Gasteiger charge is 2.32. The summed E-state index contributed by atoms with van der Waals surface area (Å²) in [6, 6.07) is -0.263. The van der Waals surface area contributed by atoms with Gasteiger partial charge in [-0.05, 0) is 37.7 Å². The number of rotatable bonds is 4. The van der Waals surface area contributed by atoms with E-state index in [1.807, 2.05) is 0 Å². The van der Waals surface area contributed by atoms with Crippen molar-refractivity contribution < 1.29 is 13.2 Å². The van der Waals surface area contributed by atoms with Crippen LogP contribution in [0.5, 0.6) is 0 Å². The Labute approximate surface area is 172 Å². The first-order valence-electron chi connectivity index (χ1n) is 9.37. The van der Waals surface area contributed by atoms with Gasteiger partial charge in [0.1, 0.15) is 4.83 Å². The van der Waals surface area contributed by atoms with Gasteiger partial charge in [0.2, 0.25) is 5.91 Å². The molecule has 1 amide bonds. The smallest absolute Gasteiger partial charge is 0.262 e. The predicted octanol–water partition coefficient (Wildman–Crippen LogP) is 1.61. The fourth-order valence-electron chi connectivity index (χ4n) is 3.91. The van der Waals surface area contributed by atoms with Crippen molar-refractivity contribution in [2.75, 3.05) is 24.3 Å². The molecule has 1 unspecified atom stereocenters. The molecule has 152 valence electrons. The van der Waals surface area contributed by atoms with Crippen LogP contribution in [0.3, 0.4) is 0 Å². The maximum atomic E-state index is 12.9. The van der Waals surface area contributed by atoms with Gasteiger partial charge in [-0.3, -0.25) is 14.2 Å². The molecule has 0 radical (unpaired) electrons. The largest absolute Gasteiger partial charge is 0.341 e. The number of sulfone groups is 1. The van der Waals surface area contributed by atoms with Crippen molar-refractivity contribution in [3.05, 3.63) is 20.8 Å². The number of aromatic nitrogens is 2. The first kappa shape index (κ1) is 19.9. The second-order valence-corrected chi connectivity index (χ2v) is 11.8. The van der Waals surface area contributed by atoms with Gasteiger partial charge in [-0.2, -0.15) is 0 Å². The summed E-state index contributed by atoms with van der Waals surface area (Å²) in [6.45, 7) is 0. The van der Waals surface area contributed by atoms with E-state index in [0.29, 0.717) is 11.6 Å². The van der Waals surface area contributed by atoms with E-state index in [2.05, 4.69) is 4.98 Å². The van der Waals surface area contributed by atoms with Crippen molar-refractivity contribution in [1.82, 2.24) is 14.5 Å². The van der Waals surface area contributed by atoms with Crippen LogP contribution in [0.4, 0.5) is 0 Å². The number of carbonyl (C=O) groups is 1. The molecule has 0 aromatic carbocycles.